The largest absolute Gasteiger partial charge is 0.497 e. The molecule has 0 unspecified atom stereocenters. The van der Waals surface area contributed by atoms with Crippen molar-refractivity contribution in [3.63, 3.8) is 0 Å². The second-order valence-corrected chi connectivity index (χ2v) is 7.70. The first-order valence-electron chi connectivity index (χ1n) is 10.4. The highest BCUT2D eigenvalue weighted by Crippen LogP contribution is 2.35. The number of hydrogen-bond donors (Lipinski definition) is 1. The van der Waals surface area contributed by atoms with Crippen LogP contribution in [-0.2, 0) is 0 Å². The van der Waals surface area contributed by atoms with Gasteiger partial charge in [0.1, 0.15) is 12.1 Å². The van der Waals surface area contributed by atoms with Gasteiger partial charge in [0.15, 0.2) is 0 Å². The molecular weight excluding hydrogens is 408 g/mol. The second kappa shape index (κ2) is 9.09. The quantitative estimate of drug-likeness (QED) is 0.458. The molecule has 4 rings (SSSR count). The summed E-state index contributed by atoms with van der Waals surface area (Å²) in [6.07, 6.45) is 1.38. The van der Waals surface area contributed by atoms with Crippen LogP contribution in [0.25, 0.3) is 0 Å². The van der Waals surface area contributed by atoms with Crippen molar-refractivity contribution in [2.45, 2.75) is 13.8 Å². The molecule has 166 valence electrons. The van der Waals surface area contributed by atoms with E-state index in [1.165, 1.54) is 6.33 Å². The Hall–Kier alpha value is -3.88. The fourth-order valence-electron chi connectivity index (χ4n) is 3.84. The summed E-state index contributed by atoms with van der Waals surface area (Å²) in [5.41, 5.74) is 3.91. The van der Waals surface area contributed by atoms with Crippen LogP contribution in [-0.4, -0.2) is 48.2 Å². The van der Waals surface area contributed by atoms with Crippen molar-refractivity contribution in [2.75, 3.05) is 48.4 Å². The fraction of sp³-hybridized carbons (Fsp3) is 0.304. The van der Waals surface area contributed by atoms with Gasteiger partial charge in [0, 0.05) is 37.6 Å². The van der Waals surface area contributed by atoms with Gasteiger partial charge in [-0.1, -0.05) is 12.1 Å². The predicted octanol–water partition coefficient (Wildman–Crippen LogP) is 4.08. The second-order valence-electron chi connectivity index (χ2n) is 7.70. The molecule has 9 nitrogen and oxygen atoms in total. The van der Waals surface area contributed by atoms with E-state index in [9.17, 15) is 10.1 Å². The molecule has 0 amide bonds. The van der Waals surface area contributed by atoms with Crippen LogP contribution in [0.5, 0.6) is 5.75 Å². The maximum atomic E-state index is 12.0. The average Bonchev–Trinajstić information content (AvgIpc) is 2.82. The van der Waals surface area contributed by atoms with Crippen molar-refractivity contribution in [1.82, 2.24) is 9.97 Å². The number of aromatic nitrogens is 2. The van der Waals surface area contributed by atoms with E-state index in [0.717, 1.165) is 41.3 Å². The fourth-order valence-corrected chi connectivity index (χ4v) is 3.84. The molecule has 0 aliphatic carbocycles. The Kier molecular flexibility index (Phi) is 6.07. The van der Waals surface area contributed by atoms with Crippen LogP contribution >= 0.6 is 0 Å². The van der Waals surface area contributed by atoms with Gasteiger partial charge in [-0.2, -0.15) is 0 Å². The van der Waals surface area contributed by atoms with Crippen LogP contribution in [0.15, 0.2) is 48.8 Å². The SMILES string of the molecule is COc1ccc(N2CCN(c3ncnc(Nc4cccc(C)c4C)c3[N+](=O)[O-])CC2)cc1. The Bertz CT molecular complexity index is 1110. The topological polar surface area (TPSA) is 96.7 Å². The average molecular weight is 435 g/mol. The molecule has 1 aromatic heterocycles. The van der Waals surface area contributed by atoms with Crippen molar-refractivity contribution in [3.8, 4) is 5.75 Å². The normalized spacial score (nSPS) is 13.7. The summed E-state index contributed by atoms with van der Waals surface area (Å²) in [5.74, 6) is 1.35. The summed E-state index contributed by atoms with van der Waals surface area (Å²) in [6.45, 7) is 6.67. The van der Waals surface area contributed by atoms with E-state index >= 15 is 0 Å². The number of rotatable bonds is 6. The number of piperazine rings is 1. The van der Waals surface area contributed by atoms with Gasteiger partial charge >= 0.3 is 5.69 Å². The standard InChI is InChI=1S/C23H26N6O3/c1-16-5-4-6-20(17(16)2)26-22-21(29(30)31)23(25-15-24-22)28-13-11-27(12-14-28)18-7-9-19(32-3)10-8-18/h4-10,15H,11-14H2,1-3H3,(H,24,25,26). The highest BCUT2D eigenvalue weighted by molar-refractivity contribution is 5.76. The summed E-state index contributed by atoms with van der Waals surface area (Å²) < 4.78 is 5.22. The molecule has 2 heterocycles. The van der Waals surface area contributed by atoms with Gasteiger partial charge in [-0.15, -0.1) is 0 Å². The van der Waals surface area contributed by atoms with Crippen LogP contribution in [0.2, 0.25) is 0 Å². The Morgan fingerprint density at radius 1 is 1.00 bits per heavy atom. The molecule has 0 radical (unpaired) electrons. The number of nitrogens with one attached hydrogen (secondary N) is 1. The first kappa shape index (κ1) is 21.4. The maximum Gasteiger partial charge on any atom is 0.353 e. The lowest BCUT2D eigenvalue weighted by atomic mass is 10.1. The molecule has 3 aromatic rings. The van der Waals surface area contributed by atoms with E-state index in [1.807, 2.05) is 61.2 Å². The van der Waals surface area contributed by atoms with E-state index in [-0.39, 0.29) is 11.5 Å². The zero-order valence-corrected chi connectivity index (χ0v) is 18.4. The third-order valence-corrected chi connectivity index (χ3v) is 5.86. The van der Waals surface area contributed by atoms with Crippen molar-refractivity contribution >= 4 is 28.7 Å². The molecule has 0 atom stereocenters. The molecule has 1 saturated heterocycles. The predicted molar refractivity (Wildman–Crippen MR) is 125 cm³/mol. The minimum absolute atomic E-state index is 0.105. The van der Waals surface area contributed by atoms with Crippen molar-refractivity contribution < 1.29 is 9.66 Å². The van der Waals surface area contributed by atoms with Crippen LogP contribution in [0.3, 0.4) is 0 Å². The number of nitrogens with zero attached hydrogens (tertiary/aromatic N) is 5. The van der Waals surface area contributed by atoms with E-state index in [1.54, 1.807) is 7.11 Å². The molecule has 1 aliphatic rings. The molecular formula is C23H26N6O3. The van der Waals surface area contributed by atoms with Gasteiger partial charge in [0.25, 0.3) is 0 Å². The Morgan fingerprint density at radius 2 is 1.69 bits per heavy atom. The summed E-state index contributed by atoms with van der Waals surface area (Å²) in [6, 6.07) is 13.7. The molecule has 0 saturated carbocycles. The smallest absolute Gasteiger partial charge is 0.353 e. The Balaban J connectivity index is 1.55. The van der Waals surface area contributed by atoms with Crippen LogP contribution in [0.1, 0.15) is 11.1 Å². The highest BCUT2D eigenvalue weighted by atomic mass is 16.6. The molecule has 9 heteroatoms. The molecule has 1 N–H and O–H groups in total. The van der Waals surface area contributed by atoms with Gasteiger partial charge in [0.05, 0.1) is 12.0 Å². The van der Waals surface area contributed by atoms with E-state index in [2.05, 4.69) is 20.2 Å². The van der Waals surface area contributed by atoms with Gasteiger partial charge in [-0.25, -0.2) is 9.97 Å². The minimum atomic E-state index is -0.404. The molecule has 1 aliphatic heterocycles. The van der Waals surface area contributed by atoms with Gasteiger partial charge in [-0.3, -0.25) is 10.1 Å². The zero-order chi connectivity index (χ0) is 22.7. The number of aryl methyl sites for hydroxylation is 1. The highest BCUT2D eigenvalue weighted by Gasteiger charge is 2.29. The van der Waals surface area contributed by atoms with Gasteiger partial charge in [0.2, 0.25) is 11.6 Å². The van der Waals surface area contributed by atoms with Crippen molar-refractivity contribution in [1.29, 1.82) is 0 Å². The third-order valence-electron chi connectivity index (χ3n) is 5.86. The maximum absolute atomic E-state index is 12.0. The Labute approximate surface area is 186 Å². The summed E-state index contributed by atoms with van der Waals surface area (Å²) in [4.78, 5) is 24.3. The lowest BCUT2D eigenvalue weighted by Crippen LogP contribution is -2.47. The molecule has 0 spiro atoms. The molecule has 0 bridgehead atoms. The van der Waals surface area contributed by atoms with E-state index in [4.69, 9.17) is 4.74 Å². The van der Waals surface area contributed by atoms with Crippen LogP contribution in [0, 0.1) is 24.0 Å². The molecule has 1 fully saturated rings. The lowest BCUT2D eigenvalue weighted by Gasteiger charge is -2.36. The summed E-state index contributed by atoms with van der Waals surface area (Å²) in [5, 5.41) is 15.2. The van der Waals surface area contributed by atoms with Crippen LogP contribution in [0.4, 0.5) is 28.7 Å². The van der Waals surface area contributed by atoms with Crippen LogP contribution < -0.4 is 19.9 Å². The number of benzene rings is 2. The van der Waals surface area contributed by atoms with Gasteiger partial charge < -0.3 is 19.9 Å². The summed E-state index contributed by atoms with van der Waals surface area (Å²) >= 11 is 0. The summed E-state index contributed by atoms with van der Waals surface area (Å²) in [7, 11) is 1.64. The Morgan fingerprint density at radius 3 is 2.34 bits per heavy atom. The number of methoxy groups -OCH3 is 1. The number of hydrogen-bond acceptors (Lipinski definition) is 8. The number of nitro groups is 1. The monoisotopic (exact) mass is 434 g/mol. The zero-order valence-electron chi connectivity index (χ0n) is 18.4. The molecule has 2 aromatic carbocycles. The lowest BCUT2D eigenvalue weighted by molar-refractivity contribution is -0.383. The van der Waals surface area contributed by atoms with Gasteiger partial charge in [-0.05, 0) is 55.3 Å². The van der Waals surface area contributed by atoms with Crippen molar-refractivity contribution in [3.05, 3.63) is 70.0 Å². The van der Waals surface area contributed by atoms with E-state index in [0.29, 0.717) is 18.9 Å². The van der Waals surface area contributed by atoms with E-state index < -0.39 is 4.92 Å². The number of anilines is 4. The number of ether oxygens (including phenoxy) is 1. The van der Waals surface area contributed by atoms with Crippen molar-refractivity contribution in [2.24, 2.45) is 0 Å². The first-order chi connectivity index (χ1) is 15.5. The minimum Gasteiger partial charge on any atom is -0.497 e. The molecule has 32 heavy (non-hydrogen) atoms. The third kappa shape index (κ3) is 4.27. The first-order valence-corrected chi connectivity index (χ1v) is 10.4.